The van der Waals surface area contributed by atoms with Gasteiger partial charge in [0.2, 0.25) is 5.91 Å². The van der Waals surface area contributed by atoms with Gasteiger partial charge >= 0.3 is 12.0 Å². The molecule has 3 rings (SSSR count). The molecule has 1 aromatic carbocycles. The molecule has 2 aliphatic rings. The van der Waals surface area contributed by atoms with Gasteiger partial charge in [0.25, 0.3) is 5.91 Å². The molecule has 2 saturated heterocycles. The number of carboxylic acids is 1. The van der Waals surface area contributed by atoms with Crippen molar-refractivity contribution in [3.63, 3.8) is 0 Å². The Hall–Kier alpha value is -2.97. The van der Waals surface area contributed by atoms with E-state index in [0.29, 0.717) is 12.0 Å². The Morgan fingerprint density at radius 1 is 1.22 bits per heavy atom. The Morgan fingerprint density at radius 2 is 1.85 bits per heavy atom. The highest BCUT2D eigenvalue weighted by Gasteiger charge is 2.50. The molecule has 0 radical (unpaired) electrons. The lowest BCUT2D eigenvalue weighted by Gasteiger charge is -2.24. The van der Waals surface area contributed by atoms with Crippen LogP contribution in [-0.4, -0.2) is 58.4 Å². The predicted octanol–water partition coefficient (Wildman–Crippen LogP) is 0.916. The summed E-state index contributed by atoms with van der Waals surface area (Å²) in [5.41, 5.74) is -2.03. The molecule has 144 valence electrons. The van der Waals surface area contributed by atoms with E-state index in [1.54, 1.807) is 6.92 Å². The van der Waals surface area contributed by atoms with E-state index in [9.17, 15) is 28.7 Å². The average molecular weight is 377 g/mol. The van der Waals surface area contributed by atoms with Crippen LogP contribution < -0.4 is 5.32 Å². The van der Waals surface area contributed by atoms with Crippen molar-refractivity contribution >= 4 is 23.8 Å². The molecule has 0 bridgehead atoms. The van der Waals surface area contributed by atoms with Crippen LogP contribution >= 0.6 is 0 Å². The van der Waals surface area contributed by atoms with Crippen molar-refractivity contribution in [2.24, 2.45) is 5.41 Å². The third-order valence-electron chi connectivity index (χ3n) is 5.33. The number of nitrogens with one attached hydrogen (secondary N) is 1. The van der Waals surface area contributed by atoms with Crippen LogP contribution in [-0.2, 0) is 19.9 Å². The van der Waals surface area contributed by atoms with Crippen LogP contribution in [0.4, 0.5) is 9.18 Å². The van der Waals surface area contributed by atoms with Gasteiger partial charge in [-0.05, 0) is 38.0 Å². The lowest BCUT2D eigenvalue weighted by atomic mass is 9.90. The number of likely N-dealkylation sites (tertiary alicyclic amines) is 1. The summed E-state index contributed by atoms with van der Waals surface area (Å²) in [6.07, 6.45) is 0.307. The molecule has 0 saturated carbocycles. The summed E-state index contributed by atoms with van der Waals surface area (Å²) in [5.74, 6) is -2.57. The number of hydrogen-bond donors (Lipinski definition) is 2. The molecule has 2 atom stereocenters. The van der Waals surface area contributed by atoms with Crippen molar-refractivity contribution < 1.29 is 28.7 Å². The second-order valence-corrected chi connectivity index (χ2v) is 7.38. The number of halogens is 1. The zero-order chi connectivity index (χ0) is 20.0. The summed E-state index contributed by atoms with van der Waals surface area (Å²) in [4.78, 5) is 51.0. The minimum absolute atomic E-state index is 0.0278. The third kappa shape index (κ3) is 3.13. The molecular formula is C18H20FN3O5. The van der Waals surface area contributed by atoms with E-state index in [4.69, 9.17) is 0 Å². The van der Waals surface area contributed by atoms with E-state index in [2.05, 4.69) is 5.32 Å². The minimum Gasteiger partial charge on any atom is -0.481 e. The second-order valence-electron chi connectivity index (χ2n) is 7.38. The Kier molecular flexibility index (Phi) is 4.41. The predicted molar refractivity (Wildman–Crippen MR) is 90.9 cm³/mol. The summed E-state index contributed by atoms with van der Waals surface area (Å²) < 4.78 is 13.1. The van der Waals surface area contributed by atoms with Crippen LogP contribution in [0.25, 0.3) is 0 Å². The molecule has 2 heterocycles. The maximum absolute atomic E-state index is 13.1. The lowest BCUT2D eigenvalue weighted by molar-refractivity contribution is -0.147. The quantitative estimate of drug-likeness (QED) is 0.759. The molecule has 0 aliphatic carbocycles. The number of carboxylic acid groups (broad SMARTS) is 1. The average Bonchev–Trinajstić information content (AvgIpc) is 3.11. The Morgan fingerprint density at radius 3 is 2.41 bits per heavy atom. The lowest BCUT2D eigenvalue weighted by Crippen LogP contribution is -2.44. The first kappa shape index (κ1) is 18.8. The SMILES string of the molecule is CC1(C(=O)O)CCN(C(=O)CN2C(=O)NC(C)(c3ccc(F)cc3)C2=O)C1. The zero-order valence-corrected chi connectivity index (χ0v) is 15.0. The Labute approximate surface area is 154 Å². The van der Waals surface area contributed by atoms with Gasteiger partial charge in [-0.1, -0.05) is 12.1 Å². The van der Waals surface area contributed by atoms with E-state index >= 15 is 0 Å². The fourth-order valence-electron chi connectivity index (χ4n) is 3.40. The van der Waals surface area contributed by atoms with E-state index in [0.717, 1.165) is 4.90 Å². The van der Waals surface area contributed by atoms with E-state index in [-0.39, 0.29) is 13.1 Å². The molecule has 2 unspecified atom stereocenters. The van der Waals surface area contributed by atoms with Gasteiger partial charge in [0.05, 0.1) is 5.41 Å². The van der Waals surface area contributed by atoms with Gasteiger partial charge in [-0.3, -0.25) is 19.3 Å². The highest BCUT2D eigenvalue weighted by atomic mass is 19.1. The topological polar surface area (TPSA) is 107 Å². The minimum atomic E-state index is -1.40. The van der Waals surface area contributed by atoms with Gasteiger partial charge in [-0.15, -0.1) is 0 Å². The van der Waals surface area contributed by atoms with Gasteiger partial charge in [0.1, 0.15) is 17.9 Å². The Balaban J connectivity index is 1.74. The van der Waals surface area contributed by atoms with Crippen molar-refractivity contribution in [1.29, 1.82) is 0 Å². The number of hydrogen-bond acceptors (Lipinski definition) is 4. The van der Waals surface area contributed by atoms with Crippen LogP contribution in [0.2, 0.25) is 0 Å². The maximum atomic E-state index is 13.1. The van der Waals surface area contributed by atoms with Gasteiger partial charge < -0.3 is 15.3 Å². The summed E-state index contributed by atoms with van der Waals surface area (Å²) in [6.45, 7) is 2.85. The summed E-state index contributed by atoms with van der Waals surface area (Å²) in [7, 11) is 0. The number of rotatable bonds is 4. The standard InChI is InChI=1S/C18H20FN3O5/c1-17(15(25)26)7-8-21(10-17)13(23)9-22-14(24)18(2,20-16(22)27)11-3-5-12(19)6-4-11/h3-6H,7-10H2,1-2H3,(H,20,27)(H,25,26). The normalized spacial score (nSPS) is 27.8. The molecule has 2 N–H and O–H groups in total. The number of nitrogens with zero attached hydrogens (tertiary/aromatic N) is 2. The van der Waals surface area contributed by atoms with E-state index in [1.165, 1.54) is 36.1 Å². The van der Waals surface area contributed by atoms with Gasteiger partial charge in [0, 0.05) is 13.1 Å². The van der Waals surface area contributed by atoms with Crippen LogP contribution in [0.5, 0.6) is 0 Å². The van der Waals surface area contributed by atoms with Crippen LogP contribution in [0.1, 0.15) is 25.8 Å². The molecule has 8 nitrogen and oxygen atoms in total. The molecule has 1 aromatic rings. The third-order valence-corrected chi connectivity index (χ3v) is 5.33. The van der Waals surface area contributed by atoms with Gasteiger partial charge in [-0.25, -0.2) is 9.18 Å². The van der Waals surface area contributed by atoms with Gasteiger partial charge in [-0.2, -0.15) is 0 Å². The van der Waals surface area contributed by atoms with E-state index in [1.807, 2.05) is 0 Å². The molecule has 0 spiro atoms. The number of amides is 4. The number of carbonyl (C=O) groups is 4. The first-order chi connectivity index (χ1) is 12.6. The first-order valence-corrected chi connectivity index (χ1v) is 8.48. The van der Waals surface area contributed by atoms with E-state index < -0.39 is 47.1 Å². The summed E-state index contributed by atoms with van der Waals surface area (Å²) >= 11 is 0. The van der Waals surface area contributed by atoms with Crippen molar-refractivity contribution in [3.05, 3.63) is 35.6 Å². The van der Waals surface area contributed by atoms with Crippen LogP contribution in [0.15, 0.2) is 24.3 Å². The maximum Gasteiger partial charge on any atom is 0.325 e. The smallest absolute Gasteiger partial charge is 0.325 e. The summed E-state index contributed by atoms with van der Waals surface area (Å²) in [6, 6.07) is 4.45. The number of carbonyl (C=O) groups excluding carboxylic acids is 3. The molecular weight excluding hydrogens is 357 g/mol. The van der Waals surface area contributed by atoms with Crippen molar-refractivity contribution in [3.8, 4) is 0 Å². The first-order valence-electron chi connectivity index (χ1n) is 8.48. The van der Waals surface area contributed by atoms with Crippen molar-refractivity contribution in [1.82, 2.24) is 15.1 Å². The van der Waals surface area contributed by atoms with Crippen molar-refractivity contribution in [2.75, 3.05) is 19.6 Å². The zero-order valence-electron chi connectivity index (χ0n) is 15.0. The largest absolute Gasteiger partial charge is 0.481 e. The monoisotopic (exact) mass is 377 g/mol. The van der Waals surface area contributed by atoms with Crippen LogP contribution in [0.3, 0.4) is 0 Å². The fourth-order valence-corrected chi connectivity index (χ4v) is 3.40. The highest BCUT2D eigenvalue weighted by Crippen LogP contribution is 2.32. The molecule has 2 aliphatic heterocycles. The number of benzene rings is 1. The molecule has 27 heavy (non-hydrogen) atoms. The number of aliphatic carboxylic acids is 1. The highest BCUT2D eigenvalue weighted by molar-refractivity contribution is 6.09. The van der Waals surface area contributed by atoms with Crippen molar-refractivity contribution in [2.45, 2.75) is 25.8 Å². The number of urea groups is 1. The molecule has 4 amide bonds. The van der Waals surface area contributed by atoms with Gasteiger partial charge in [0.15, 0.2) is 0 Å². The molecule has 2 fully saturated rings. The fraction of sp³-hybridized carbons (Fsp3) is 0.444. The second kappa shape index (κ2) is 6.33. The summed E-state index contributed by atoms with van der Waals surface area (Å²) in [5, 5.41) is 11.8. The molecule has 0 aromatic heterocycles. The molecule has 9 heteroatoms. The number of imide groups is 1. The van der Waals surface area contributed by atoms with Crippen LogP contribution in [0, 0.1) is 11.2 Å². The Bertz CT molecular complexity index is 827.